The van der Waals surface area contributed by atoms with Crippen LogP contribution in [0.5, 0.6) is 0 Å². The maximum atomic E-state index is 12.7. The van der Waals surface area contributed by atoms with E-state index in [2.05, 4.69) is 5.32 Å². The van der Waals surface area contributed by atoms with Crippen LogP contribution >= 0.6 is 0 Å². The second-order valence-electron chi connectivity index (χ2n) is 6.79. The first kappa shape index (κ1) is 18.7. The molecule has 2 amide bonds. The molecule has 0 bridgehead atoms. The maximum absolute atomic E-state index is 12.7. The third kappa shape index (κ3) is 3.72. The number of aliphatic carboxylic acids is 1. The summed E-state index contributed by atoms with van der Waals surface area (Å²) in [6.07, 6.45) is 3.37. The van der Waals surface area contributed by atoms with Gasteiger partial charge in [-0.05, 0) is 31.4 Å². The zero-order valence-electron chi connectivity index (χ0n) is 15.1. The molecule has 0 aliphatic carbocycles. The molecule has 27 heavy (non-hydrogen) atoms. The van der Waals surface area contributed by atoms with Crippen molar-refractivity contribution in [2.45, 2.75) is 31.2 Å². The Morgan fingerprint density at radius 3 is 2.37 bits per heavy atom. The molecule has 1 aromatic heterocycles. The van der Waals surface area contributed by atoms with E-state index in [9.17, 15) is 19.5 Å². The van der Waals surface area contributed by atoms with Crippen LogP contribution in [0.3, 0.4) is 0 Å². The van der Waals surface area contributed by atoms with Gasteiger partial charge in [-0.15, -0.1) is 0 Å². The summed E-state index contributed by atoms with van der Waals surface area (Å²) in [5.41, 5.74) is 0.120. The van der Waals surface area contributed by atoms with Gasteiger partial charge in [0.2, 0.25) is 5.91 Å². The van der Waals surface area contributed by atoms with Crippen molar-refractivity contribution in [2.24, 2.45) is 0 Å². The topological polar surface area (TPSA) is 99.9 Å². The highest BCUT2D eigenvalue weighted by molar-refractivity contribution is 5.97. The number of piperidine rings is 1. The number of carbonyl (C=O) groups is 3. The lowest BCUT2D eigenvalue weighted by Gasteiger charge is -2.40. The van der Waals surface area contributed by atoms with Crippen molar-refractivity contribution in [3.8, 4) is 0 Å². The summed E-state index contributed by atoms with van der Waals surface area (Å²) in [5.74, 6) is -1.48. The molecule has 1 unspecified atom stereocenters. The fraction of sp³-hybridized carbons (Fsp3) is 0.350. The fourth-order valence-corrected chi connectivity index (χ4v) is 3.50. The smallest absolute Gasteiger partial charge is 0.314 e. The van der Waals surface area contributed by atoms with Gasteiger partial charge in [0.05, 0.1) is 17.2 Å². The molecule has 2 N–H and O–H groups in total. The van der Waals surface area contributed by atoms with Gasteiger partial charge in [0.15, 0.2) is 0 Å². The monoisotopic (exact) mass is 370 g/mol. The highest BCUT2D eigenvalue weighted by Crippen LogP contribution is 2.36. The average Bonchev–Trinajstić information content (AvgIpc) is 3.23. The average molecular weight is 370 g/mol. The van der Waals surface area contributed by atoms with Crippen LogP contribution < -0.4 is 5.32 Å². The number of amides is 2. The normalized spacial score (nSPS) is 17.1. The van der Waals surface area contributed by atoms with Gasteiger partial charge in [-0.3, -0.25) is 14.4 Å². The predicted octanol–water partition coefficient (Wildman–Crippen LogP) is 2.04. The number of carboxylic acids is 1. The minimum Gasteiger partial charge on any atom is -0.481 e. The number of hydrogen-bond donors (Lipinski definition) is 2. The lowest BCUT2D eigenvalue weighted by atomic mass is 9.73. The molecular weight excluding hydrogens is 348 g/mol. The Labute approximate surface area is 157 Å². The van der Waals surface area contributed by atoms with E-state index in [1.54, 1.807) is 11.8 Å². The molecule has 0 saturated carbocycles. The highest BCUT2D eigenvalue weighted by Gasteiger charge is 2.44. The van der Waals surface area contributed by atoms with Gasteiger partial charge in [-0.1, -0.05) is 30.3 Å². The minimum atomic E-state index is -0.985. The second-order valence-corrected chi connectivity index (χ2v) is 6.79. The summed E-state index contributed by atoms with van der Waals surface area (Å²) >= 11 is 0. The third-order valence-electron chi connectivity index (χ3n) is 5.17. The van der Waals surface area contributed by atoms with E-state index in [-0.39, 0.29) is 11.8 Å². The minimum absolute atomic E-state index is 0.223. The largest absolute Gasteiger partial charge is 0.481 e. The Balaban J connectivity index is 1.64. The van der Waals surface area contributed by atoms with Crippen LogP contribution in [0.2, 0.25) is 0 Å². The number of benzene rings is 1. The number of hydrogen-bond acceptors (Lipinski definition) is 4. The van der Waals surface area contributed by atoms with Crippen molar-refractivity contribution in [3.05, 3.63) is 60.1 Å². The maximum Gasteiger partial charge on any atom is 0.314 e. The van der Waals surface area contributed by atoms with Crippen molar-refractivity contribution in [3.63, 3.8) is 0 Å². The number of nitrogens with one attached hydrogen (secondary N) is 1. The number of carboxylic acid groups (broad SMARTS) is 1. The molecule has 0 radical (unpaired) electrons. The van der Waals surface area contributed by atoms with Crippen LogP contribution in [-0.4, -0.2) is 46.9 Å². The molecule has 1 saturated heterocycles. The molecule has 7 nitrogen and oxygen atoms in total. The highest BCUT2D eigenvalue weighted by atomic mass is 16.4. The zero-order valence-corrected chi connectivity index (χ0v) is 15.1. The van der Waals surface area contributed by atoms with Crippen LogP contribution in [0.4, 0.5) is 0 Å². The quantitative estimate of drug-likeness (QED) is 0.839. The van der Waals surface area contributed by atoms with Crippen molar-refractivity contribution < 1.29 is 23.9 Å². The molecule has 1 atom stereocenters. The van der Waals surface area contributed by atoms with E-state index in [0.717, 1.165) is 5.56 Å². The first-order valence-electron chi connectivity index (χ1n) is 8.85. The Hall–Kier alpha value is -3.09. The van der Waals surface area contributed by atoms with E-state index in [1.165, 1.54) is 18.6 Å². The molecule has 1 aliphatic rings. The van der Waals surface area contributed by atoms with Crippen LogP contribution in [0.25, 0.3) is 0 Å². The number of furan rings is 1. The van der Waals surface area contributed by atoms with Gasteiger partial charge < -0.3 is 19.7 Å². The summed E-state index contributed by atoms with van der Waals surface area (Å²) < 4.78 is 4.87. The number of rotatable bonds is 5. The van der Waals surface area contributed by atoms with Gasteiger partial charge >= 0.3 is 5.97 Å². The first-order chi connectivity index (χ1) is 12.9. The molecule has 7 heteroatoms. The van der Waals surface area contributed by atoms with Gasteiger partial charge in [-0.2, -0.15) is 0 Å². The third-order valence-corrected chi connectivity index (χ3v) is 5.17. The lowest BCUT2D eigenvalue weighted by Crippen LogP contribution is -2.53. The van der Waals surface area contributed by atoms with Crippen molar-refractivity contribution in [1.29, 1.82) is 0 Å². The molecule has 2 heterocycles. The van der Waals surface area contributed by atoms with E-state index in [0.29, 0.717) is 31.5 Å². The molecule has 3 rings (SSSR count). The number of carbonyl (C=O) groups excluding carboxylic acids is 2. The van der Waals surface area contributed by atoms with Crippen LogP contribution in [0.15, 0.2) is 53.3 Å². The first-order valence-corrected chi connectivity index (χ1v) is 8.85. The number of nitrogens with zero attached hydrogens (tertiary/aromatic N) is 1. The Morgan fingerprint density at radius 1 is 1.15 bits per heavy atom. The Morgan fingerprint density at radius 2 is 1.81 bits per heavy atom. The lowest BCUT2D eigenvalue weighted by molar-refractivity contribution is -0.148. The summed E-state index contributed by atoms with van der Waals surface area (Å²) in [5, 5.41) is 12.5. The van der Waals surface area contributed by atoms with E-state index >= 15 is 0 Å². The summed E-state index contributed by atoms with van der Waals surface area (Å²) in [4.78, 5) is 38.3. The van der Waals surface area contributed by atoms with E-state index in [1.807, 2.05) is 30.3 Å². The molecule has 2 aromatic rings. The van der Waals surface area contributed by atoms with Crippen LogP contribution in [-0.2, 0) is 15.0 Å². The zero-order chi connectivity index (χ0) is 19.4. The van der Waals surface area contributed by atoms with E-state index in [4.69, 9.17) is 4.42 Å². The molecule has 1 aromatic carbocycles. The van der Waals surface area contributed by atoms with Gasteiger partial charge in [0.1, 0.15) is 12.3 Å². The van der Waals surface area contributed by atoms with Crippen LogP contribution in [0.1, 0.15) is 35.7 Å². The van der Waals surface area contributed by atoms with Gasteiger partial charge in [-0.25, -0.2) is 0 Å². The Bertz CT molecular complexity index is 808. The van der Waals surface area contributed by atoms with Crippen molar-refractivity contribution in [2.75, 3.05) is 13.1 Å². The molecule has 142 valence electrons. The number of likely N-dealkylation sites (tertiary alicyclic amines) is 1. The molecule has 0 spiro atoms. The Kier molecular flexibility index (Phi) is 5.30. The van der Waals surface area contributed by atoms with Crippen LogP contribution in [0, 0.1) is 0 Å². The summed E-state index contributed by atoms with van der Waals surface area (Å²) in [6, 6.07) is 9.95. The van der Waals surface area contributed by atoms with Crippen molar-refractivity contribution in [1.82, 2.24) is 10.2 Å². The van der Waals surface area contributed by atoms with Gasteiger partial charge in [0.25, 0.3) is 5.91 Å². The summed E-state index contributed by atoms with van der Waals surface area (Å²) in [7, 11) is 0. The molecular formula is C20H22N2O5. The predicted molar refractivity (Wildman–Crippen MR) is 97.2 cm³/mol. The summed E-state index contributed by atoms with van der Waals surface area (Å²) in [6.45, 7) is 2.27. The van der Waals surface area contributed by atoms with Crippen molar-refractivity contribution >= 4 is 17.8 Å². The molecule has 1 aliphatic heterocycles. The molecule has 1 fully saturated rings. The standard InChI is InChI=1S/C20H22N2O5/c1-14(21-17(23)15-7-12-27-13-15)18(24)22-10-8-20(9-11-22,19(25)26)16-5-3-2-4-6-16/h2-7,12-14H,8-11H2,1H3,(H,21,23)(H,25,26). The fourth-order valence-electron chi connectivity index (χ4n) is 3.50. The van der Waals surface area contributed by atoms with E-state index < -0.39 is 17.4 Å². The van der Waals surface area contributed by atoms with Gasteiger partial charge in [0, 0.05) is 13.1 Å². The second kappa shape index (κ2) is 7.65. The SMILES string of the molecule is CC(NC(=O)c1ccoc1)C(=O)N1CCC(C(=O)O)(c2ccccc2)CC1.